The van der Waals surface area contributed by atoms with E-state index >= 15 is 0 Å². The summed E-state index contributed by atoms with van der Waals surface area (Å²) in [5.41, 5.74) is 9.61. The van der Waals surface area contributed by atoms with Gasteiger partial charge in [0, 0.05) is 16.0 Å². The van der Waals surface area contributed by atoms with Gasteiger partial charge in [-0.1, -0.05) is 0 Å². The van der Waals surface area contributed by atoms with E-state index in [0.717, 1.165) is 10.8 Å². The van der Waals surface area contributed by atoms with Crippen LogP contribution in [0.3, 0.4) is 0 Å². The Balaban J connectivity index is 1.18. The molecule has 2 aromatic rings. The Morgan fingerprint density at radius 2 is 1.68 bits per heavy atom. The number of nitrogens with two attached hydrogens (primary N) is 2. The van der Waals surface area contributed by atoms with Gasteiger partial charge in [-0.3, -0.25) is 23.4 Å². The van der Waals surface area contributed by atoms with E-state index in [-0.39, 0.29) is 33.1 Å². The molecule has 0 radical (unpaired) electrons. The molecule has 9 atom stereocenters. The maximum absolute atomic E-state index is 12.5. The highest BCUT2D eigenvalue weighted by molar-refractivity contribution is 7.88. The highest BCUT2D eigenvalue weighted by Crippen LogP contribution is 2.61. The van der Waals surface area contributed by atoms with Gasteiger partial charge in [0.2, 0.25) is 5.95 Å². The summed E-state index contributed by atoms with van der Waals surface area (Å²) >= 11 is 8.72. The third-order valence-electron chi connectivity index (χ3n) is 6.45. The molecule has 0 bridgehead atoms. The Bertz CT molecular complexity index is 1690. The third-order valence-corrected chi connectivity index (χ3v) is 10.3. The molecule has 2 aromatic heterocycles. The van der Waals surface area contributed by atoms with Crippen LogP contribution in [0, 0.1) is 0 Å². The summed E-state index contributed by atoms with van der Waals surface area (Å²) < 4.78 is 50.8. The van der Waals surface area contributed by atoms with E-state index in [1.54, 1.807) is 0 Å². The highest BCUT2D eigenvalue weighted by Gasteiger charge is 2.46. The SMILES string of the molecule is Nc1ccn([C@@H]2O[C@H](COP(=O)(O)OP(=O)(O)OC[C@H]3O[C@H]4Nc5nc(N)[nH]c(=O)c5N[C@H]4C(S)=C3S)[C@@H](O)[C@H]2O)c(=O)n1. The molecule has 25 heteroatoms. The lowest BCUT2D eigenvalue weighted by atomic mass is 10.1. The van der Waals surface area contributed by atoms with Crippen molar-refractivity contribution in [1.29, 1.82) is 0 Å². The Labute approximate surface area is 256 Å². The number of aromatic amines is 1. The molecule has 2 unspecified atom stereocenters. The molecule has 0 spiro atoms. The molecule has 242 valence electrons. The number of aliphatic hydroxyl groups excluding tert-OH is 2. The van der Waals surface area contributed by atoms with Crippen LogP contribution in [0.15, 0.2) is 31.7 Å². The predicted octanol–water partition coefficient (Wildman–Crippen LogP) is -1.94. The van der Waals surface area contributed by atoms with E-state index in [0.29, 0.717) is 0 Å². The Morgan fingerprint density at radius 1 is 1.00 bits per heavy atom. The fraction of sp³-hybridized carbons (Fsp3) is 0.474. The molecule has 3 aliphatic rings. The first kappa shape index (κ1) is 32.9. The number of aromatic nitrogens is 4. The summed E-state index contributed by atoms with van der Waals surface area (Å²) in [6, 6.07) is 0.505. The molecule has 21 nitrogen and oxygen atoms in total. The van der Waals surface area contributed by atoms with Crippen molar-refractivity contribution in [3.8, 4) is 0 Å². The van der Waals surface area contributed by atoms with E-state index in [4.69, 9.17) is 25.5 Å². The lowest BCUT2D eigenvalue weighted by molar-refractivity contribution is -0.0544. The van der Waals surface area contributed by atoms with Gasteiger partial charge in [-0.2, -0.15) is 14.3 Å². The number of ether oxygens (including phenoxy) is 2. The maximum atomic E-state index is 12.5. The van der Waals surface area contributed by atoms with Crippen LogP contribution >= 0.6 is 40.9 Å². The summed E-state index contributed by atoms with van der Waals surface area (Å²) in [5.74, 6) is -0.200. The van der Waals surface area contributed by atoms with E-state index in [1.165, 1.54) is 6.07 Å². The van der Waals surface area contributed by atoms with E-state index in [2.05, 4.69) is 59.7 Å². The zero-order chi connectivity index (χ0) is 32.1. The Morgan fingerprint density at radius 3 is 2.36 bits per heavy atom. The molecule has 1 fully saturated rings. The van der Waals surface area contributed by atoms with Crippen LogP contribution < -0.4 is 33.3 Å². The summed E-state index contributed by atoms with van der Waals surface area (Å²) in [7, 11) is -10.7. The van der Waals surface area contributed by atoms with Crippen molar-refractivity contribution in [2.45, 2.75) is 42.9 Å². The highest BCUT2D eigenvalue weighted by atomic mass is 32.1. The fourth-order valence-corrected chi connectivity index (χ4v) is 7.11. The average Bonchev–Trinajstić information content (AvgIpc) is 3.20. The molecule has 0 amide bonds. The second kappa shape index (κ2) is 12.4. The molecular weight excluding hydrogens is 674 g/mol. The quantitative estimate of drug-likeness (QED) is 0.100. The first-order valence-corrected chi connectivity index (χ1v) is 16.2. The summed E-state index contributed by atoms with van der Waals surface area (Å²) in [6.07, 6.45) is -7.29. The van der Waals surface area contributed by atoms with Crippen molar-refractivity contribution < 1.29 is 52.0 Å². The number of phosphoric acid groups is 2. The summed E-state index contributed by atoms with van der Waals surface area (Å²) in [6.45, 7) is -1.66. The van der Waals surface area contributed by atoms with Crippen LogP contribution in [0.4, 0.5) is 23.3 Å². The molecule has 1 saturated heterocycles. The van der Waals surface area contributed by atoms with E-state index in [1.807, 2.05) is 0 Å². The molecule has 0 saturated carbocycles. The number of nitrogens with one attached hydrogen (secondary N) is 3. The average molecular weight is 701 g/mol. The van der Waals surface area contributed by atoms with E-state index < -0.39 is 83.0 Å². The lowest BCUT2D eigenvalue weighted by Crippen LogP contribution is -2.52. The Hall–Kier alpha value is -2.50. The number of rotatable bonds is 9. The molecule has 0 aromatic carbocycles. The third kappa shape index (κ3) is 6.84. The van der Waals surface area contributed by atoms with Gasteiger partial charge in [-0.25, -0.2) is 13.9 Å². The monoisotopic (exact) mass is 700 g/mol. The maximum Gasteiger partial charge on any atom is 0.481 e. The molecule has 0 aliphatic carbocycles. The number of phosphoric ester groups is 2. The van der Waals surface area contributed by atoms with Gasteiger partial charge in [0.15, 0.2) is 18.3 Å². The molecule has 3 aliphatic heterocycles. The molecular formula is C19H26N8O13P2S2. The minimum Gasteiger partial charge on any atom is -0.387 e. The number of hydrogen-bond acceptors (Lipinski definition) is 19. The predicted molar refractivity (Wildman–Crippen MR) is 155 cm³/mol. The van der Waals surface area contributed by atoms with Gasteiger partial charge in [-0.15, -0.1) is 25.3 Å². The molecule has 5 heterocycles. The summed E-state index contributed by atoms with van der Waals surface area (Å²) in [5, 5.41) is 26.3. The zero-order valence-corrected chi connectivity index (χ0v) is 25.4. The van der Waals surface area contributed by atoms with Crippen molar-refractivity contribution in [3.63, 3.8) is 0 Å². The van der Waals surface area contributed by atoms with Crippen molar-refractivity contribution in [1.82, 2.24) is 19.5 Å². The van der Waals surface area contributed by atoms with Crippen LogP contribution in [0.2, 0.25) is 0 Å². The number of anilines is 4. The van der Waals surface area contributed by atoms with Gasteiger partial charge in [-0.05, 0) is 6.07 Å². The van der Waals surface area contributed by atoms with Crippen LogP contribution in [-0.4, -0.2) is 89.4 Å². The first-order valence-electron chi connectivity index (χ1n) is 12.3. The van der Waals surface area contributed by atoms with Crippen molar-refractivity contribution >= 4 is 64.2 Å². The van der Waals surface area contributed by atoms with Crippen LogP contribution in [-0.2, 0) is 32.0 Å². The normalized spacial score (nSPS) is 30.8. The fourth-order valence-electron chi connectivity index (χ4n) is 4.41. The lowest BCUT2D eigenvalue weighted by Gasteiger charge is -2.41. The minimum absolute atomic E-state index is 0.0649. The largest absolute Gasteiger partial charge is 0.481 e. The molecule has 11 N–H and O–H groups in total. The zero-order valence-electron chi connectivity index (χ0n) is 21.9. The van der Waals surface area contributed by atoms with Gasteiger partial charge < -0.3 is 51.6 Å². The van der Waals surface area contributed by atoms with Crippen LogP contribution in [0.5, 0.6) is 0 Å². The van der Waals surface area contributed by atoms with Crippen LogP contribution in [0.1, 0.15) is 6.23 Å². The van der Waals surface area contributed by atoms with Crippen molar-refractivity contribution in [2.75, 3.05) is 35.3 Å². The topological polar surface area (TPSA) is 318 Å². The molecule has 5 rings (SSSR count). The first-order chi connectivity index (χ1) is 20.5. The second-order valence-electron chi connectivity index (χ2n) is 9.46. The van der Waals surface area contributed by atoms with Gasteiger partial charge in [0.05, 0.1) is 13.2 Å². The van der Waals surface area contributed by atoms with Crippen LogP contribution in [0.25, 0.3) is 0 Å². The number of thiol groups is 2. The number of H-pyrrole nitrogens is 1. The number of aliphatic hydroxyl groups is 2. The number of nitrogen functional groups attached to an aromatic ring is 2. The minimum atomic E-state index is -5.36. The van der Waals surface area contributed by atoms with Gasteiger partial charge in [0.25, 0.3) is 5.56 Å². The Kier molecular flexibility index (Phi) is 9.24. The van der Waals surface area contributed by atoms with Gasteiger partial charge in [0.1, 0.15) is 42.0 Å². The van der Waals surface area contributed by atoms with Crippen molar-refractivity contribution in [2.24, 2.45) is 0 Å². The smallest absolute Gasteiger partial charge is 0.387 e. The standard InChI is InChI=1S/C19H26N8O13P2S2/c20-7-1-2-27(19(31)22-7)17-11(29)10(28)5(39-17)3-36-41(32,33)40-42(34,35)37-4-6-12(43)13(44)8-16(38-6)24-14-9(23-8)15(30)26-18(21)25-14/h1-2,5-6,8,10-11,16-17,23,28-29,43-44H,3-4H2,(H,32,33)(H,34,35)(H2,20,22,31)(H4,21,24,25,26,30)/t5-,6-,8+,10-,11-,16-,17-/m1/s1. The van der Waals surface area contributed by atoms with Gasteiger partial charge >= 0.3 is 21.3 Å². The number of nitrogens with zero attached hydrogens (tertiary/aromatic N) is 3. The number of hydrogen-bond donors (Lipinski definition) is 11. The second-order valence-corrected chi connectivity index (χ2v) is 13.5. The summed E-state index contributed by atoms with van der Waals surface area (Å²) in [4.78, 5) is 54.6. The van der Waals surface area contributed by atoms with E-state index in [9.17, 15) is 38.7 Å². The number of fused-ring (bicyclic) bond motifs is 2. The van der Waals surface area contributed by atoms with Crippen molar-refractivity contribution in [3.05, 3.63) is 42.9 Å². The molecule has 44 heavy (non-hydrogen) atoms.